The van der Waals surface area contributed by atoms with Gasteiger partial charge in [0.1, 0.15) is 5.82 Å². The highest BCUT2D eigenvalue weighted by molar-refractivity contribution is 7.09. The van der Waals surface area contributed by atoms with E-state index in [2.05, 4.69) is 34.7 Å². The fourth-order valence-electron chi connectivity index (χ4n) is 1.65. The lowest BCUT2D eigenvalue weighted by Crippen LogP contribution is -2.27. The summed E-state index contributed by atoms with van der Waals surface area (Å²) in [5.41, 5.74) is 0.878. The van der Waals surface area contributed by atoms with Crippen LogP contribution in [0.25, 0.3) is 0 Å². The largest absolute Gasteiger partial charge is 0.310 e. The number of nitrogens with zero attached hydrogens (tertiary/aromatic N) is 1. The lowest BCUT2D eigenvalue weighted by Gasteiger charge is -2.12. The molecule has 0 saturated heterocycles. The Morgan fingerprint density at radius 2 is 2.35 bits per heavy atom. The molecule has 0 radical (unpaired) electrons. The van der Waals surface area contributed by atoms with Crippen LogP contribution in [-0.2, 0) is 13.0 Å². The topological polar surface area (TPSA) is 24.9 Å². The van der Waals surface area contributed by atoms with E-state index in [-0.39, 0.29) is 5.82 Å². The molecule has 0 aliphatic rings. The van der Waals surface area contributed by atoms with Crippen molar-refractivity contribution in [3.05, 3.63) is 52.2 Å². The molecule has 0 fully saturated rings. The average molecular weight is 250 g/mol. The minimum Gasteiger partial charge on any atom is -0.310 e. The van der Waals surface area contributed by atoms with Gasteiger partial charge >= 0.3 is 0 Å². The van der Waals surface area contributed by atoms with Crippen LogP contribution >= 0.6 is 11.3 Å². The van der Waals surface area contributed by atoms with E-state index in [4.69, 9.17) is 0 Å². The van der Waals surface area contributed by atoms with E-state index in [1.165, 1.54) is 17.1 Å². The minimum absolute atomic E-state index is 0.282. The van der Waals surface area contributed by atoms with Crippen molar-refractivity contribution in [2.75, 3.05) is 0 Å². The maximum Gasteiger partial charge on any atom is 0.141 e. The molecule has 0 bridgehead atoms. The number of pyridine rings is 1. The summed E-state index contributed by atoms with van der Waals surface area (Å²) in [6.45, 7) is 2.78. The second-order valence-corrected chi connectivity index (χ2v) is 5.11. The zero-order valence-electron chi connectivity index (χ0n) is 9.69. The Kier molecular flexibility index (Phi) is 4.23. The molecule has 4 heteroatoms. The van der Waals surface area contributed by atoms with Crippen LogP contribution in [0.1, 0.15) is 17.4 Å². The van der Waals surface area contributed by atoms with Gasteiger partial charge in [0.05, 0.1) is 6.20 Å². The fraction of sp³-hybridized carbons (Fsp3) is 0.308. The third-order valence-electron chi connectivity index (χ3n) is 2.50. The molecule has 1 N–H and O–H groups in total. The highest BCUT2D eigenvalue weighted by atomic mass is 32.1. The van der Waals surface area contributed by atoms with Gasteiger partial charge in [-0.05, 0) is 36.4 Å². The first kappa shape index (κ1) is 12.2. The Morgan fingerprint density at radius 3 is 3.06 bits per heavy atom. The van der Waals surface area contributed by atoms with Crippen molar-refractivity contribution in [2.45, 2.75) is 25.9 Å². The SMILES string of the molecule is CC(Cc1cccs1)NCc1cncc(F)c1. The molecule has 0 saturated carbocycles. The van der Waals surface area contributed by atoms with Crippen LogP contribution in [0.4, 0.5) is 4.39 Å². The van der Waals surface area contributed by atoms with Crippen molar-refractivity contribution < 1.29 is 4.39 Å². The third-order valence-corrected chi connectivity index (χ3v) is 3.40. The first-order valence-electron chi connectivity index (χ1n) is 5.59. The molecule has 2 rings (SSSR count). The molecule has 90 valence electrons. The van der Waals surface area contributed by atoms with E-state index in [0.29, 0.717) is 12.6 Å². The average Bonchev–Trinajstić information content (AvgIpc) is 2.79. The molecule has 0 aliphatic carbocycles. The van der Waals surface area contributed by atoms with Crippen LogP contribution in [0.3, 0.4) is 0 Å². The summed E-state index contributed by atoms with van der Waals surface area (Å²) >= 11 is 1.76. The summed E-state index contributed by atoms with van der Waals surface area (Å²) in [4.78, 5) is 5.19. The molecule has 2 aromatic heterocycles. The smallest absolute Gasteiger partial charge is 0.141 e. The van der Waals surface area contributed by atoms with E-state index in [1.54, 1.807) is 17.5 Å². The maximum atomic E-state index is 12.9. The predicted molar refractivity (Wildman–Crippen MR) is 68.5 cm³/mol. The van der Waals surface area contributed by atoms with Crippen LogP contribution in [-0.4, -0.2) is 11.0 Å². The number of hydrogen-bond donors (Lipinski definition) is 1. The Bertz CT molecular complexity index is 456. The van der Waals surface area contributed by atoms with Gasteiger partial charge in [-0.3, -0.25) is 4.98 Å². The van der Waals surface area contributed by atoms with Gasteiger partial charge in [0.15, 0.2) is 0 Å². The van der Waals surface area contributed by atoms with Crippen molar-refractivity contribution in [2.24, 2.45) is 0 Å². The summed E-state index contributed by atoms with van der Waals surface area (Å²) in [5.74, 6) is -0.282. The first-order valence-corrected chi connectivity index (χ1v) is 6.47. The zero-order chi connectivity index (χ0) is 12.1. The molecule has 2 heterocycles. The van der Waals surface area contributed by atoms with Crippen molar-refractivity contribution in [1.29, 1.82) is 0 Å². The van der Waals surface area contributed by atoms with E-state index in [1.807, 2.05) is 0 Å². The van der Waals surface area contributed by atoms with Crippen LogP contribution in [0.15, 0.2) is 36.0 Å². The summed E-state index contributed by atoms with van der Waals surface area (Å²) in [7, 11) is 0. The monoisotopic (exact) mass is 250 g/mol. The molecule has 1 atom stereocenters. The second kappa shape index (κ2) is 5.89. The standard InChI is InChI=1S/C13H15FN2S/c1-10(5-13-3-2-4-17-13)16-8-11-6-12(14)9-15-7-11/h2-4,6-7,9-10,16H,5,8H2,1H3. The van der Waals surface area contributed by atoms with Gasteiger partial charge in [0.2, 0.25) is 0 Å². The Hall–Kier alpha value is -1.26. The van der Waals surface area contributed by atoms with Crippen LogP contribution in [0.5, 0.6) is 0 Å². The number of rotatable bonds is 5. The predicted octanol–water partition coefficient (Wildman–Crippen LogP) is 3.00. The van der Waals surface area contributed by atoms with Crippen LogP contribution < -0.4 is 5.32 Å². The number of aromatic nitrogens is 1. The molecule has 2 aromatic rings. The van der Waals surface area contributed by atoms with Gasteiger partial charge in [0.25, 0.3) is 0 Å². The van der Waals surface area contributed by atoms with Gasteiger partial charge in [-0.2, -0.15) is 0 Å². The van der Waals surface area contributed by atoms with Gasteiger partial charge in [-0.25, -0.2) is 4.39 Å². The van der Waals surface area contributed by atoms with Gasteiger partial charge in [-0.15, -0.1) is 11.3 Å². The lowest BCUT2D eigenvalue weighted by atomic mass is 10.2. The molecule has 0 spiro atoms. The quantitative estimate of drug-likeness (QED) is 0.882. The summed E-state index contributed by atoms with van der Waals surface area (Å²) in [5, 5.41) is 5.45. The van der Waals surface area contributed by atoms with Crippen molar-refractivity contribution >= 4 is 11.3 Å². The number of thiophene rings is 1. The highest BCUT2D eigenvalue weighted by Gasteiger charge is 2.04. The lowest BCUT2D eigenvalue weighted by molar-refractivity contribution is 0.544. The number of halogens is 1. The Labute approximate surface area is 105 Å². The Morgan fingerprint density at radius 1 is 1.47 bits per heavy atom. The second-order valence-electron chi connectivity index (χ2n) is 4.08. The Balaban J connectivity index is 1.82. The van der Waals surface area contributed by atoms with Crippen LogP contribution in [0, 0.1) is 5.82 Å². The normalized spacial score (nSPS) is 12.6. The fourth-order valence-corrected chi connectivity index (χ4v) is 2.48. The number of hydrogen-bond acceptors (Lipinski definition) is 3. The molecule has 2 nitrogen and oxygen atoms in total. The van der Waals surface area contributed by atoms with E-state index in [9.17, 15) is 4.39 Å². The molecular formula is C13H15FN2S. The molecule has 0 aromatic carbocycles. The first-order chi connectivity index (χ1) is 8.24. The van der Waals surface area contributed by atoms with Gasteiger partial charge in [-0.1, -0.05) is 6.07 Å². The van der Waals surface area contributed by atoms with Crippen molar-refractivity contribution in [3.63, 3.8) is 0 Å². The molecule has 1 unspecified atom stereocenters. The minimum atomic E-state index is -0.282. The molecular weight excluding hydrogens is 235 g/mol. The third kappa shape index (κ3) is 3.91. The van der Waals surface area contributed by atoms with Crippen LogP contribution in [0.2, 0.25) is 0 Å². The summed E-state index contributed by atoms with van der Waals surface area (Å²) in [6, 6.07) is 6.07. The van der Waals surface area contributed by atoms with Crippen molar-refractivity contribution in [1.82, 2.24) is 10.3 Å². The summed E-state index contributed by atoms with van der Waals surface area (Å²) in [6.07, 6.45) is 3.91. The van der Waals surface area contributed by atoms with Gasteiger partial charge in [0, 0.05) is 23.7 Å². The summed E-state index contributed by atoms with van der Waals surface area (Å²) < 4.78 is 12.9. The number of nitrogens with one attached hydrogen (secondary N) is 1. The maximum absolute atomic E-state index is 12.9. The zero-order valence-corrected chi connectivity index (χ0v) is 10.5. The van der Waals surface area contributed by atoms with E-state index >= 15 is 0 Å². The molecule has 0 aliphatic heterocycles. The highest BCUT2D eigenvalue weighted by Crippen LogP contribution is 2.11. The molecule has 0 amide bonds. The van der Waals surface area contributed by atoms with E-state index in [0.717, 1.165) is 12.0 Å². The molecule has 17 heavy (non-hydrogen) atoms. The van der Waals surface area contributed by atoms with E-state index < -0.39 is 0 Å². The van der Waals surface area contributed by atoms with Gasteiger partial charge < -0.3 is 5.32 Å². The van der Waals surface area contributed by atoms with Crippen molar-refractivity contribution in [3.8, 4) is 0 Å².